The summed E-state index contributed by atoms with van der Waals surface area (Å²) in [6, 6.07) is 19.5. The number of hydrogen-bond donors (Lipinski definition) is 2. The SMILES string of the molecule is O=C(O)[C@@]1(NS(=O)(=O)c2ccc(-c3cccs3)cc2)C[C@H]1c1ccccc1. The van der Waals surface area contributed by atoms with E-state index in [0.717, 1.165) is 16.0 Å². The van der Waals surface area contributed by atoms with Gasteiger partial charge in [-0.25, -0.2) is 8.42 Å². The highest BCUT2D eigenvalue weighted by atomic mass is 32.2. The Labute approximate surface area is 161 Å². The number of rotatable bonds is 6. The maximum absolute atomic E-state index is 12.8. The number of sulfonamides is 1. The quantitative estimate of drug-likeness (QED) is 0.662. The first kappa shape index (κ1) is 17.9. The van der Waals surface area contributed by atoms with Gasteiger partial charge in [-0.1, -0.05) is 48.5 Å². The highest BCUT2D eigenvalue weighted by molar-refractivity contribution is 7.89. The normalized spacial score (nSPS) is 21.7. The molecule has 27 heavy (non-hydrogen) atoms. The molecule has 138 valence electrons. The van der Waals surface area contributed by atoms with Gasteiger partial charge in [-0.15, -0.1) is 11.3 Å². The average molecular weight is 399 g/mol. The summed E-state index contributed by atoms with van der Waals surface area (Å²) in [5, 5.41) is 11.6. The smallest absolute Gasteiger partial charge is 0.325 e. The predicted octanol–water partition coefficient (Wildman–Crippen LogP) is 3.70. The van der Waals surface area contributed by atoms with Crippen molar-refractivity contribution in [3.63, 3.8) is 0 Å². The summed E-state index contributed by atoms with van der Waals surface area (Å²) in [5.74, 6) is -1.54. The second-order valence-electron chi connectivity index (χ2n) is 6.55. The topological polar surface area (TPSA) is 83.5 Å². The molecule has 0 radical (unpaired) electrons. The van der Waals surface area contributed by atoms with Crippen LogP contribution in [0, 0.1) is 0 Å². The summed E-state index contributed by atoms with van der Waals surface area (Å²) >= 11 is 1.57. The standard InChI is InChI=1S/C20H17NO4S2/c22-19(23)20(13-17(20)14-5-2-1-3-6-14)21-27(24,25)16-10-8-15(9-11-16)18-7-4-12-26-18/h1-12,17,21H,13H2,(H,22,23)/t17-,20+/m0/s1. The van der Waals surface area contributed by atoms with Crippen LogP contribution in [0.3, 0.4) is 0 Å². The molecule has 2 atom stereocenters. The first-order valence-corrected chi connectivity index (χ1v) is 10.7. The van der Waals surface area contributed by atoms with Crippen LogP contribution in [0.25, 0.3) is 10.4 Å². The average Bonchev–Trinajstić information content (AvgIpc) is 3.13. The second kappa shape index (κ2) is 6.60. The molecular weight excluding hydrogens is 382 g/mol. The minimum absolute atomic E-state index is 0.0575. The molecule has 1 aliphatic carbocycles. The molecule has 2 aromatic carbocycles. The van der Waals surface area contributed by atoms with Gasteiger partial charge in [0.1, 0.15) is 5.54 Å². The molecule has 5 nitrogen and oxygen atoms in total. The lowest BCUT2D eigenvalue weighted by molar-refractivity contribution is -0.140. The van der Waals surface area contributed by atoms with Crippen LogP contribution in [-0.4, -0.2) is 25.0 Å². The first-order valence-electron chi connectivity index (χ1n) is 8.39. The molecule has 4 rings (SSSR count). The van der Waals surface area contributed by atoms with Crippen LogP contribution in [0.4, 0.5) is 0 Å². The summed E-state index contributed by atoms with van der Waals surface area (Å²) in [5.41, 5.74) is 0.244. The van der Waals surface area contributed by atoms with Crippen molar-refractivity contribution in [2.24, 2.45) is 0 Å². The molecule has 1 saturated carbocycles. The molecule has 7 heteroatoms. The van der Waals surface area contributed by atoms with E-state index in [0.29, 0.717) is 0 Å². The van der Waals surface area contributed by atoms with Crippen LogP contribution in [0.5, 0.6) is 0 Å². The summed E-state index contributed by atoms with van der Waals surface area (Å²) in [6.07, 6.45) is 0.235. The highest BCUT2D eigenvalue weighted by Crippen LogP contribution is 2.52. The van der Waals surface area contributed by atoms with Crippen molar-refractivity contribution in [3.05, 3.63) is 77.7 Å². The minimum Gasteiger partial charge on any atom is -0.480 e. The third-order valence-electron chi connectivity index (χ3n) is 4.83. The van der Waals surface area contributed by atoms with Gasteiger partial charge in [-0.05, 0) is 41.1 Å². The van der Waals surface area contributed by atoms with E-state index in [2.05, 4.69) is 4.72 Å². The molecule has 0 spiro atoms. The number of hydrogen-bond acceptors (Lipinski definition) is 4. The molecule has 0 saturated heterocycles. The Bertz CT molecular complexity index is 1060. The number of carboxylic acids is 1. The molecule has 0 unspecified atom stereocenters. The minimum atomic E-state index is -3.95. The summed E-state index contributed by atoms with van der Waals surface area (Å²) < 4.78 is 28.0. The third-order valence-corrected chi connectivity index (χ3v) is 7.28. The summed E-state index contributed by atoms with van der Waals surface area (Å²) in [7, 11) is -3.95. The van der Waals surface area contributed by atoms with Crippen molar-refractivity contribution < 1.29 is 18.3 Å². The van der Waals surface area contributed by atoms with E-state index in [-0.39, 0.29) is 17.2 Å². The fourth-order valence-electron chi connectivity index (χ4n) is 3.28. The zero-order valence-electron chi connectivity index (χ0n) is 14.2. The first-order chi connectivity index (χ1) is 12.9. The maximum atomic E-state index is 12.8. The Morgan fingerprint density at radius 2 is 1.74 bits per heavy atom. The van der Waals surface area contributed by atoms with Crippen molar-refractivity contribution in [1.29, 1.82) is 0 Å². The van der Waals surface area contributed by atoms with Gasteiger partial charge in [-0.2, -0.15) is 4.72 Å². The highest BCUT2D eigenvalue weighted by Gasteiger charge is 2.63. The predicted molar refractivity (Wildman–Crippen MR) is 104 cm³/mol. The Morgan fingerprint density at radius 1 is 1.04 bits per heavy atom. The molecule has 1 heterocycles. The molecule has 2 N–H and O–H groups in total. The summed E-state index contributed by atoms with van der Waals surface area (Å²) in [4.78, 5) is 13.0. The largest absolute Gasteiger partial charge is 0.480 e. The summed E-state index contributed by atoms with van der Waals surface area (Å²) in [6.45, 7) is 0. The van der Waals surface area contributed by atoms with E-state index in [1.807, 2.05) is 47.8 Å². The van der Waals surface area contributed by atoms with E-state index >= 15 is 0 Å². The fraction of sp³-hybridized carbons (Fsp3) is 0.150. The Morgan fingerprint density at radius 3 is 2.33 bits per heavy atom. The van der Waals surface area contributed by atoms with Crippen LogP contribution in [0.15, 0.2) is 77.0 Å². The van der Waals surface area contributed by atoms with E-state index in [4.69, 9.17) is 0 Å². The van der Waals surface area contributed by atoms with E-state index in [1.165, 1.54) is 12.1 Å². The molecule has 0 amide bonds. The van der Waals surface area contributed by atoms with Crippen LogP contribution < -0.4 is 4.72 Å². The van der Waals surface area contributed by atoms with E-state index < -0.39 is 21.5 Å². The lowest BCUT2D eigenvalue weighted by Crippen LogP contribution is -2.44. The van der Waals surface area contributed by atoms with Gasteiger partial charge < -0.3 is 5.11 Å². The van der Waals surface area contributed by atoms with Gasteiger partial charge in [0.05, 0.1) is 4.90 Å². The molecule has 0 aliphatic heterocycles. The molecule has 1 aliphatic rings. The van der Waals surface area contributed by atoms with Gasteiger partial charge >= 0.3 is 5.97 Å². The molecule has 0 bridgehead atoms. The lowest BCUT2D eigenvalue weighted by Gasteiger charge is -2.15. The van der Waals surface area contributed by atoms with Crippen LogP contribution in [0.2, 0.25) is 0 Å². The van der Waals surface area contributed by atoms with Crippen molar-refractivity contribution in [2.75, 3.05) is 0 Å². The number of aliphatic carboxylic acids is 1. The number of carbonyl (C=O) groups is 1. The van der Waals surface area contributed by atoms with Crippen LogP contribution in [-0.2, 0) is 14.8 Å². The zero-order valence-corrected chi connectivity index (χ0v) is 15.8. The fourth-order valence-corrected chi connectivity index (χ4v) is 5.42. The Balaban J connectivity index is 1.59. The van der Waals surface area contributed by atoms with Crippen molar-refractivity contribution in [3.8, 4) is 10.4 Å². The van der Waals surface area contributed by atoms with E-state index in [1.54, 1.807) is 23.5 Å². The number of carboxylic acid groups (broad SMARTS) is 1. The Hall–Kier alpha value is -2.48. The van der Waals surface area contributed by atoms with Crippen molar-refractivity contribution in [2.45, 2.75) is 22.8 Å². The van der Waals surface area contributed by atoms with Crippen molar-refractivity contribution >= 4 is 27.3 Å². The van der Waals surface area contributed by atoms with Gasteiger partial charge in [0, 0.05) is 10.8 Å². The second-order valence-corrected chi connectivity index (χ2v) is 9.18. The monoisotopic (exact) mass is 399 g/mol. The number of nitrogens with one attached hydrogen (secondary N) is 1. The van der Waals surface area contributed by atoms with Crippen LogP contribution in [0.1, 0.15) is 17.9 Å². The lowest BCUT2D eigenvalue weighted by atomic mass is 10.1. The number of thiophene rings is 1. The number of benzene rings is 2. The van der Waals surface area contributed by atoms with Gasteiger partial charge in [0.2, 0.25) is 10.0 Å². The molecule has 1 aromatic heterocycles. The van der Waals surface area contributed by atoms with Crippen LogP contribution >= 0.6 is 11.3 Å². The van der Waals surface area contributed by atoms with E-state index in [9.17, 15) is 18.3 Å². The molecular formula is C20H17NO4S2. The maximum Gasteiger partial charge on any atom is 0.325 e. The van der Waals surface area contributed by atoms with Gasteiger partial charge in [-0.3, -0.25) is 4.79 Å². The zero-order chi connectivity index (χ0) is 19.1. The van der Waals surface area contributed by atoms with Crippen molar-refractivity contribution in [1.82, 2.24) is 4.72 Å². The Kier molecular flexibility index (Phi) is 4.38. The van der Waals surface area contributed by atoms with Gasteiger partial charge in [0.15, 0.2) is 0 Å². The molecule has 3 aromatic rings. The van der Waals surface area contributed by atoms with Gasteiger partial charge in [0.25, 0.3) is 0 Å². The molecule has 1 fully saturated rings. The third kappa shape index (κ3) is 3.29.